The Kier molecular flexibility index (Phi) is 6.44. The first-order valence-corrected chi connectivity index (χ1v) is 10.6. The van der Waals surface area contributed by atoms with E-state index in [0.29, 0.717) is 35.5 Å². The second-order valence-corrected chi connectivity index (χ2v) is 8.15. The van der Waals surface area contributed by atoms with Crippen molar-refractivity contribution in [3.63, 3.8) is 0 Å². The van der Waals surface area contributed by atoms with Crippen LogP contribution in [0.5, 0.6) is 5.88 Å². The van der Waals surface area contributed by atoms with Crippen LogP contribution < -0.4 is 10.1 Å². The van der Waals surface area contributed by atoms with Crippen LogP contribution in [-0.4, -0.2) is 52.2 Å². The summed E-state index contributed by atoms with van der Waals surface area (Å²) in [7, 11) is 0. The van der Waals surface area contributed by atoms with Gasteiger partial charge in [0.15, 0.2) is 6.61 Å². The molecule has 0 bridgehead atoms. The zero-order valence-corrected chi connectivity index (χ0v) is 18.2. The number of carbonyl (C=O) groups excluding carboxylic acids is 2. The number of fused-ring (bicyclic) bond motifs is 1. The number of pyridine rings is 2. The first-order chi connectivity index (χ1) is 15.6. The number of nitrogens with one attached hydrogen (secondary N) is 1. The largest absolute Gasteiger partial charge is 0.467 e. The van der Waals surface area contributed by atoms with Crippen molar-refractivity contribution >= 4 is 29.2 Å². The standard InChI is InChI=1S/C21H20ClF3N4O4/c1-11(12-7-15(22)19(27-8-12)33-10-21(23,24)25)29-9-14-13(20(29)31)4-5-26-17(14)28-18(30)16-3-2-6-32-16/h4-5,7-8,11,16H,2-3,6,9-10H2,1H3,(H,26,28,30)/t11?,16-/m1/s1. The lowest BCUT2D eigenvalue weighted by molar-refractivity contribution is -0.154. The van der Waals surface area contributed by atoms with Gasteiger partial charge in [0.25, 0.3) is 11.8 Å². The van der Waals surface area contributed by atoms with Gasteiger partial charge in [-0.1, -0.05) is 11.6 Å². The number of ether oxygens (including phenoxy) is 2. The van der Waals surface area contributed by atoms with Gasteiger partial charge in [-0.25, -0.2) is 9.97 Å². The highest BCUT2D eigenvalue weighted by Gasteiger charge is 2.35. The third kappa shape index (κ3) is 5.03. The van der Waals surface area contributed by atoms with Crippen LogP contribution in [0.2, 0.25) is 5.02 Å². The first kappa shape index (κ1) is 23.2. The average Bonchev–Trinajstić information content (AvgIpc) is 3.41. The summed E-state index contributed by atoms with van der Waals surface area (Å²) in [5.74, 6) is -0.633. The van der Waals surface area contributed by atoms with Gasteiger partial charge in [0.05, 0.1) is 12.6 Å². The minimum atomic E-state index is -4.52. The Morgan fingerprint density at radius 1 is 1.42 bits per heavy atom. The Hall–Kier alpha value is -2.92. The quantitative estimate of drug-likeness (QED) is 0.668. The Morgan fingerprint density at radius 3 is 2.88 bits per heavy atom. The summed E-state index contributed by atoms with van der Waals surface area (Å²) in [5.41, 5.74) is 1.49. The molecule has 33 heavy (non-hydrogen) atoms. The normalized spacial score (nSPS) is 18.9. The van der Waals surface area contributed by atoms with Gasteiger partial charge < -0.3 is 19.7 Å². The molecule has 176 valence electrons. The van der Waals surface area contributed by atoms with Gasteiger partial charge in [-0.15, -0.1) is 0 Å². The summed E-state index contributed by atoms with van der Waals surface area (Å²) in [6, 6.07) is 2.48. The van der Waals surface area contributed by atoms with Crippen LogP contribution in [0.4, 0.5) is 19.0 Å². The predicted octanol–water partition coefficient (Wildman–Crippen LogP) is 3.91. The molecular formula is C21H20ClF3N4O4. The number of anilines is 1. The van der Waals surface area contributed by atoms with Crippen molar-refractivity contribution in [2.24, 2.45) is 0 Å². The predicted molar refractivity (Wildman–Crippen MR) is 111 cm³/mol. The van der Waals surface area contributed by atoms with E-state index in [0.717, 1.165) is 6.42 Å². The number of carbonyl (C=O) groups is 2. The second-order valence-electron chi connectivity index (χ2n) is 7.75. The van der Waals surface area contributed by atoms with Crippen molar-refractivity contribution in [3.8, 4) is 5.88 Å². The fourth-order valence-electron chi connectivity index (χ4n) is 3.76. The van der Waals surface area contributed by atoms with Crippen molar-refractivity contribution in [2.75, 3.05) is 18.5 Å². The van der Waals surface area contributed by atoms with Crippen LogP contribution in [0.25, 0.3) is 0 Å². The number of hydrogen-bond donors (Lipinski definition) is 1. The number of amides is 2. The molecule has 1 saturated heterocycles. The second kappa shape index (κ2) is 9.14. The molecule has 0 spiro atoms. The lowest BCUT2D eigenvalue weighted by Crippen LogP contribution is -2.28. The Morgan fingerprint density at radius 2 is 2.21 bits per heavy atom. The molecule has 1 N–H and O–H groups in total. The molecule has 2 aromatic heterocycles. The van der Waals surface area contributed by atoms with Gasteiger partial charge in [0.2, 0.25) is 5.88 Å². The fourth-order valence-corrected chi connectivity index (χ4v) is 3.99. The minimum Gasteiger partial charge on any atom is -0.467 e. The molecule has 1 unspecified atom stereocenters. The van der Waals surface area contributed by atoms with Crippen LogP contribution in [0.15, 0.2) is 24.5 Å². The molecule has 1 fully saturated rings. The zero-order chi connectivity index (χ0) is 23.8. The number of rotatable bonds is 6. The summed E-state index contributed by atoms with van der Waals surface area (Å²) in [5, 5.41) is 2.65. The van der Waals surface area contributed by atoms with Gasteiger partial charge in [-0.3, -0.25) is 9.59 Å². The number of aromatic nitrogens is 2. The molecule has 4 rings (SSSR count). The summed E-state index contributed by atoms with van der Waals surface area (Å²) in [6.07, 6.45) is -0.868. The van der Waals surface area contributed by atoms with Crippen molar-refractivity contribution in [3.05, 3.63) is 46.2 Å². The van der Waals surface area contributed by atoms with E-state index >= 15 is 0 Å². The van der Waals surface area contributed by atoms with E-state index in [1.165, 1.54) is 23.4 Å². The molecular weight excluding hydrogens is 465 g/mol. The van der Waals surface area contributed by atoms with Gasteiger partial charge >= 0.3 is 6.18 Å². The van der Waals surface area contributed by atoms with Crippen LogP contribution >= 0.6 is 11.6 Å². The molecule has 0 aliphatic carbocycles. The third-order valence-electron chi connectivity index (χ3n) is 5.49. The monoisotopic (exact) mass is 484 g/mol. The maximum atomic E-state index is 13.0. The van der Waals surface area contributed by atoms with Gasteiger partial charge in [-0.05, 0) is 37.5 Å². The number of hydrogen-bond acceptors (Lipinski definition) is 6. The van der Waals surface area contributed by atoms with Gasteiger partial charge in [0, 0.05) is 30.1 Å². The van der Waals surface area contributed by atoms with E-state index in [1.807, 2.05) is 0 Å². The van der Waals surface area contributed by atoms with Gasteiger partial charge in [0.1, 0.15) is 16.9 Å². The van der Waals surface area contributed by atoms with E-state index < -0.39 is 24.9 Å². The lowest BCUT2D eigenvalue weighted by atomic mass is 10.1. The number of halogens is 4. The molecule has 2 amide bonds. The summed E-state index contributed by atoms with van der Waals surface area (Å²) < 4.78 is 47.2. The number of nitrogens with zero attached hydrogens (tertiary/aromatic N) is 3. The summed E-state index contributed by atoms with van der Waals surface area (Å²) >= 11 is 6.05. The third-order valence-corrected chi connectivity index (χ3v) is 5.76. The topological polar surface area (TPSA) is 93.7 Å². The van der Waals surface area contributed by atoms with Crippen LogP contribution in [0, 0.1) is 0 Å². The van der Waals surface area contributed by atoms with Crippen LogP contribution in [0.3, 0.4) is 0 Å². The van der Waals surface area contributed by atoms with E-state index in [1.54, 1.807) is 13.0 Å². The molecule has 4 heterocycles. The van der Waals surface area contributed by atoms with E-state index in [9.17, 15) is 22.8 Å². The average molecular weight is 485 g/mol. The smallest absolute Gasteiger partial charge is 0.422 e. The minimum absolute atomic E-state index is 0.0982. The van der Waals surface area contributed by atoms with Crippen LogP contribution in [-0.2, 0) is 16.1 Å². The number of alkyl halides is 3. The zero-order valence-electron chi connectivity index (χ0n) is 17.5. The molecule has 2 aromatic rings. The molecule has 0 aromatic carbocycles. The van der Waals surface area contributed by atoms with Crippen molar-refractivity contribution in [1.82, 2.24) is 14.9 Å². The fraction of sp³-hybridized carbons (Fsp3) is 0.429. The SMILES string of the molecule is CC(c1cnc(OCC(F)(F)F)c(Cl)c1)N1Cc2c(ccnc2NC(=O)[C@H]2CCCO2)C1=O. The van der Waals surface area contributed by atoms with Crippen molar-refractivity contribution in [2.45, 2.75) is 44.6 Å². The Bertz CT molecular complexity index is 1080. The maximum absolute atomic E-state index is 13.0. The van der Waals surface area contributed by atoms with Crippen LogP contribution in [0.1, 0.15) is 47.3 Å². The summed E-state index contributed by atoms with van der Waals surface area (Å²) in [6.45, 7) is 0.931. The highest BCUT2D eigenvalue weighted by Crippen LogP contribution is 2.36. The highest BCUT2D eigenvalue weighted by molar-refractivity contribution is 6.31. The lowest BCUT2D eigenvalue weighted by Gasteiger charge is -2.25. The molecule has 12 heteroatoms. The molecule has 0 radical (unpaired) electrons. The Labute approximate surface area is 192 Å². The Balaban J connectivity index is 1.50. The van der Waals surface area contributed by atoms with Crippen molar-refractivity contribution < 1.29 is 32.2 Å². The molecule has 0 saturated carbocycles. The first-order valence-electron chi connectivity index (χ1n) is 10.2. The molecule has 2 aliphatic rings. The van der Waals surface area contributed by atoms with Gasteiger partial charge in [-0.2, -0.15) is 13.2 Å². The van der Waals surface area contributed by atoms with E-state index in [-0.39, 0.29) is 29.3 Å². The maximum Gasteiger partial charge on any atom is 0.422 e. The van der Waals surface area contributed by atoms with Crippen molar-refractivity contribution in [1.29, 1.82) is 0 Å². The van der Waals surface area contributed by atoms with E-state index in [4.69, 9.17) is 16.3 Å². The molecule has 2 aliphatic heterocycles. The van der Waals surface area contributed by atoms with E-state index in [2.05, 4.69) is 20.0 Å². The summed E-state index contributed by atoms with van der Waals surface area (Å²) in [4.78, 5) is 35.1. The molecule has 2 atom stereocenters. The molecule has 8 nitrogen and oxygen atoms in total. The highest BCUT2D eigenvalue weighted by atomic mass is 35.5.